The Morgan fingerprint density at radius 3 is 1.41 bits per heavy atom. The van der Waals surface area contributed by atoms with Crippen molar-refractivity contribution in [2.24, 2.45) is 0 Å². The summed E-state index contributed by atoms with van der Waals surface area (Å²) < 4.78 is 12.2. The summed E-state index contributed by atoms with van der Waals surface area (Å²) in [6.45, 7) is 5.29. The minimum Gasteiger partial charge on any atom is -1.00 e. The van der Waals surface area contributed by atoms with Gasteiger partial charge < -0.3 is 33.5 Å². The number of hydrogen-bond donors (Lipinski definition) is 0. The van der Waals surface area contributed by atoms with Crippen molar-refractivity contribution in [1.82, 2.24) is 0 Å². The SMILES string of the molecule is CCOc1ccc(OCC)c([P+](c2ccccc2)(c2ccccc2)c2ccccc2)c1.[I-]. The minimum absolute atomic E-state index is 0. The Morgan fingerprint density at radius 1 is 0.562 bits per heavy atom. The van der Waals surface area contributed by atoms with Gasteiger partial charge in [0.1, 0.15) is 28.9 Å². The molecule has 0 bridgehead atoms. The minimum atomic E-state index is -2.23. The van der Waals surface area contributed by atoms with E-state index >= 15 is 0 Å². The van der Waals surface area contributed by atoms with Crippen LogP contribution in [0.15, 0.2) is 109 Å². The topological polar surface area (TPSA) is 18.5 Å². The summed E-state index contributed by atoms with van der Waals surface area (Å²) >= 11 is 0. The Kier molecular flexibility index (Phi) is 8.72. The van der Waals surface area contributed by atoms with Crippen molar-refractivity contribution in [2.75, 3.05) is 13.2 Å². The van der Waals surface area contributed by atoms with E-state index in [0.29, 0.717) is 13.2 Å². The molecule has 0 N–H and O–H groups in total. The monoisotopic (exact) mass is 554 g/mol. The number of benzene rings is 4. The van der Waals surface area contributed by atoms with Crippen molar-refractivity contribution in [2.45, 2.75) is 13.8 Å². The molecule has 0 fully saturated rings. The van der Waals surface area contributed by atoms with Gasteiger partial charge in [-0.15, -0.1) is 0 Å². The Morgan fingerprint density at radius 2 is 1.00 bits per heavy atom. The molecule has 0 unspecified atom stereocenters. The van der Waals surface area contributed by atoms with Gasteiger partial charge in [-0.05, 0) is 62.4 Å². The molecule has 0 amide bonds. The molecule has 0 aliphatic rings. The molecule has 2 nitrogen and oxygen atoms in total. The van der Waals surface area contributed by atoms with Crippen molar-refractivity contribution in [3.8, 4) is 11.5 Å². The average Bonchev–Trinajstić information content (AvgIpc) is 2.84. The molecular weight excluding hydrogens is 526 g/mol. The van der Waals surface area contributed by atoms with Crippen LogP contribution in [0.5, 0.6) is 11.5 Å². The van der Waals surface area contributed by atoms with Crippen LogP contribution in [0.1, 0.15) is 13.8 Å². The second-order valence-corrected chi connectivity index (χ2v) is 10.5. The third kappa shape index (κ3) is 4.69. The molecule has 0 aliphatic carbocycles. The third-order valence-corrected chi connectivity index (χ3v) is 9.62. The van der Waals surface area contributed by atoms with Gasteiger partial charge in [0.05, 0.1) is 13.2 Å². The largest absolute Gasteiger partial charge is 1.00 e. The van der Waals surface area contributed by atoms with Gasteiger partial charge >= 0.3 is 0 Å². The predicted molar refractivity (Wildman–Crippen MR) is 134 cm³/mol. The summed E-state index contributed by atoms with van der Waals surface area (Å²) in [5.41, 5.74) is 0. The maximum Gasteiger partial charge on any atom is 0.162 e. The predicted octanol–water partition coefficient (Wildman–Crippen LogP) is 2.11. The van der Waals surface area contributed by atoms with Crippen molar-refractivity contribution >= 4 is 28.5 Å². The summed E-state index contributed by atoms with van der Waals surface area (Å²) in [5, 5.41) is 5.06. The number of hydrogen-bond acceptors (Lipinski definition) is 2. The molecule has 4 aromatic rings. The van der Waals surface area contributed by atoms with Crippen LogP contribution in [0.3, 0.4) is 0 Å². The van der Waals surface area contributed by atoms with E-state index in [9.17, 15) is 0 Å². The van der Waals surface area contributed by atoms with Crippen LogP contribution in [0.2, 0.25) is 0 Å². The van der Waals surface area contributed by atoms with Gasteiger partial charge in [0.2, 0.25) is 0 Å². The molecule has 4 rings (SSSR count). The van der Waals surface area contributed by atoms with Gasteiger partial charge in [0, 0.05) is 6.07 Å². The maximum absolute atomic E-state index is 6.21. The normalized spacial score (nSPS) is 10.8. The molecule has 4 heteroatoms. The lowest BCUT2D eigenvalue weighted by Crippen LogP contribution is -3.00. The zero-order valence-corrected chi connectivity index (χ0v) is 21.5. The molecule has 0 radical (unpaired) electrons. The average molecular weight is 554 g/mol. The fourth-order valence-electron chi connectivity index (χ4n) is 4.11. The lowest BCUT2D eigenvalue weighted by Gasteiger charge is -2.29. The van der Waals surface area contributed by atoms with Gasteiger partial charge in [0.15, 0.2) is 11.1 Å². The molecular formula is C28H28IO2P. The van der Waals surface area contributed by atoms with E-state index in [-0.39, 0.29) is 24.0 Å². The van der Waals surface area contributed by atoms with Crippen LogP contribution < -0.4 is 54.7 Å². The van der Waals surface area contributed by atoms with Crippen LogP contribution in [0.25, 0.3) is 0 Å². The zero-order chi connectivity index (χ0) is 21.5. The quantitative estimate of drug-likeness (QED) is 0.246. The van der Waals surface area contributed by atoms with E-state index in [2.05, 4.69) is 103 Å². The molecule has 0 aromatic heterocycles. The lowest BCUT2D eigenvalue weighted by molar-refractivity contribution is -0.00000713. The number of ether oxygens (including phenoxy) is 2. The van der Waals surface area contributed by atoms with Gasteiger partial charge in [-0.25, -0.2) is 0 Å². The van der Waals surface area contributed by atoms with E-state index in [1.54, 1.807) is 0 Å². The van der Waals surface area contributed by atoms with Crippen LogP contribution >= 0.6 is 7.26 Å². The molecule has 4 aromatic carbocycles. The molecule has 0 spiro atoms. The third-order valence-electron chi connectivity index (χ3n) is 5.33. The summed E-state index contributed by atoms with van der Waals surface area (Å²) in [6, 6.07) is 38.7. The molecule has 32 heavy (non-hydrogen) atoms. The standard InChI is InChI=1S/C28H28O2P.HI/c1-3-29-23-20-21-27(30-4-2)28(22-23)31(24-14-8-5-9-15-24,25-16-10-6-11-17-25)26-18-12-7-13-19-26;/h5-22H,3-4H2,1-2H3;1H/q+1;/p-1. The zero-order valence-electron chi connectivity index (χ0n) is 18.4. The second-order valence-electron chi connectivity index (χ2n) is 7.17. The molecule has 0 heterocycles. The van der Waals surface area contributed by atoms with Gasteiger partial charge in [0.25, 0.3) is 0 Å². The van der Waals surface area contributed by atoms with Crippen LogP contribution in [0, 0.1) is 0 Å². The molecule has 0 atom stereocenters. The first kappa shape index (κ1) is 24.3. The highest BCUT2D eigenvalue weighted by Crippen LogP contribution is 2.56. The van der Waals surface area contributed by atoms with Crippen molar-refractivity contribution in [3.63, 3.8) is 0 Å². The first-order chi connectivity index (χ1) is 15.3. The van der Waals surface area contributed by atoms with Crippen LogP contribution in [-0.4, -0.2) is 13.2 Å². The highest BCUT2D eigenvalue weighted by Gasteiger charge is 2.50. The van der Waals surface area contributed by atoms with E-state index < -0.39 is 7.26 Å². The Hall–Kier alpha value is -2.36. The van der Waals surface area contributed by atoms with Crippen molar-refractivity contribution in [3.05, 3.63) is 109 Å². The summed E-state index contributed by atoms with van der Waals surface area (Å²) in [5.74, 6) is 1.78. The Balaban J connectivity index is 0.00000289. The van der Waals surface area contributed by atoms with Gasteiger partial charge in [-0.2, -0.15) is 0 Å². The van der Waals surface area contributed by atoms with Gasteiger partial charge in [-0.3, -0.25) is 0 Å². The number of rotatable bonds is 8. The first-order valence-corrected chi connectivity index (χ1v) is 12.6. The van der Waals surface area contributed by atoms with E-state index in [4.69, 9.17) is 9.47 Å². The lowest BCUT2D eigenvalue weighted by atomic mass is 10.3. The molecule has 164 valence electrons. The first-order valence-electron chi connectivity index (χ1n) is 10.8. The highest BCUT2D eigenvalue weighted by atomic mass is 127. The van der Waals surface area contributed by atoms with Crippen LogP contribution in [-0.2, 0) is 0 Å². The van der Waals surface area contributed by atoms with Crippen molar-refractivity contribution in [1.29, 1.82) is 0 Å². The highest BCUT2D eigenvalue weighted by molar-refractivity contribution is 8.01. The van der Waals surface area contributed by atoms with E-state index in [0.717, 1.165) is 11.5 Å². The second kappa shape index (κ2) is 11.5. The van der Waals surface area contributed by atoms with Gasteiger partial charge in [-0.1, -0.05) is 54.6 Å². The van der Waals surface area contributed by atoms with E-state index in [1.807, 2.05) is 19.9 Å². The Bertz CT molecular complexity index is 1010. The molecule has 0 saturated carbocycles. The summed E-state index contributed by atoms with van der Waals surface area (Å²) in [4.78, 5) is 0. The molecule has 0 aliphatic heterocycles. The van der Waals surface area contributed by atoms with Crippen molar-refractivity contribution < 1.29 is 33.5 Å². The molecule has 0 saturated heterocycles. The smallest absolute Gasteiger partial charge is 0.162 e. The van der Waals surface area contributed by atoms with Crippen LogP contribution in [0.4, 0.5) is 0 Å². The van der Waals surface area contributed by atoms with E-state index in [1.165, 1.54) is 21.2 Å². The maximum atomic E-state index is 6.21. The summed E-state index contributed by atoms with van der Waals surface area (Å²) in [6.07, 6.45) is 0. The fourth-order valence-corrected chi connectivity index (χ4v) is 8.49. The fraction of sp³-hybridized carbons (Fsp3) is 0.143. The number of halogens is 1. The Labute approximate surface area is 209 Å². The summed E-state index contributed by atoms with van der Waals surface area (Å²) in [7, 11) is -2.23.